The first-order valence-corrected chi connectivity index (χ1v) is 8.93. The molecule has 1 fully saturated rings. The van der Waals surface area contributed by atoms with E-state index in [1.54, 1.807) is 24.3 Å². The van der Waals surface area contributed by atoms with E-state index in [2.05, 4.69) is 0 Å². The number of benzene rings is 1. The van der Waals surface area contributed by atoms with Crippen molar-refractivity contribution in [2.45, 2.75) is 43.8 Å². The van der Waals surface area contributed by atoms with Crippen LogP contribution in [0.3, 0.4) is 0 Å². The zero-order chi connectivity index (χ0) is 19.7. The fraction of sp³-hybridized carbons (Fsp3) is 0.579. The van der Waals surface area contributed by atoms with Crippen molar-refractivity contribution in [1.29, 1.82) is 0 Å². The molecule has 148 valence electrons. The first-order chi connectivity index (χ1) is 13.0. The first-order valence-electron chi connectivity index (χ1n) is 8.93. The van der Waals surface area contributed by atoms with Crippen LogP contribution in [-0.4, -0.2) is 52.0 Å². The molecule has 1 aromatic carbocycles. The number of nitrogens with zero attached hydrogens (tertiary/aromatic N) is 1. The van der Waals surface area contributed by atoms with Crippen molar-refractivity contribution in [3.63, 3.8) is 0 Å². The van der Waals surface area contributed by atoms with Crippen LogP contribution in [0.4, 0.5) is 10.5 Å². The number of methoxy groups -OCH3 is 3. The lowest BCUT2D eigenvalue weighted by molar-refractivity contribution is -0.253. The molecule has 0 radical (unpaired) electrons. The van der Waals surface area contributed by atoms with Gasteiger partial charge in [-0.3, -0.25) is 0 Å². The number of hydrogen-bond acceptors (Lipinski definition) is 7. The molecule has 3 unspecified atom stereocenters. The fourth-order valence-corrected chi connectivity index (χ4v) is 3.79. The Morgan fingerprint density at radius 1 is 1.22 bits per heavy atom. The van der Waals surface area contributed by atoms with Crippen LogP contribution in [-0.2, 0) is 34.1 Å². The third-order valence-corrected chi connectivity index (χ3v) is 5.08. The predicted octanol–water partition coefficient (Wildman–Crippen LogP) is 2.55. The van der Waals surface area contributed by atoms with E-state index in [0.29, 0.717) is 17.9 Å². The molecule has 0 saturated carbocycles. The van der Waals surface area contributed by atoms with Crippen molar-refractivity contribution < 1.29 is 33.3 Å². The molecule has 0 aliphatic carbocycles. The summed E-state index contributed by atoms with van der Waals surface area (Å²) in [6.07, 6.45) is 0.561. The molecule has 3 rings (SSSR count). The minimum Gasteiger partial charge on any atom is -0.467 e. The van der Waals surface area contributed by atoms with Crippen LogP contribution in [0.15, 0.2) is 24.3 Å². The van der Waals surface area contributed by atoms with Crippen LogP contribution in [0.2, 0.25) is 0 Å². The number of carbonyl (C=O) groups is 2. The average molecular weight is 379 g/mol. The highest BCUT2D eigenvalue weighted by Gasteiger charge is 2.70. The minimum atomic E-state index is -1.54. The maximum Gasteiger partial charge on any atom is 0.418 e. The summed E-state index contributed by atoms with van der Waals surface area (Å²) in [6, 6.07) is 6.97. The van der Waals surface area contributed by atoms with E-state index in [9.17, 15) is 9.59 Å². The van der Waals surface area contributed by atoms with Gasteiger partial charge >= 0.3 is 12.1 Å². The summed E-state index contributed by atoms with van der Waals surface area (Å²) in [7, 11) is 3.99. The lowest BCUT2D eigenvalue weighted by atomic mass is 9.87. The Hall–Kier alpha value is -2.16. The fourth-order valence-electron chi connectivity index (χ4n) is 3.79. The van der Waals surface area contributed by atoms with Crippen LogP contribution in [0, 0.1) is 0 Å². The van der Waals surface area contributed by atoms with E-state index in [1.165, 1.54) is 26.2 Å². The molecular formula is C19H25NO7. The highest BCUT2D eigenvalue weighted by atomic mass is 16.8. The quantitative estimate of drug-likeness (QED) is 0.555. The van der Waals surface area contributed by atoms with E-state index in [1.807, 2.05) is 6.92 Å². The molecule has 8 heteroatoms. The number of ether oxygens (including phenoxy) is 5. The van der Waals surface area contributed by atoms with Crippen molar-refractivity contribution in [1.82, 2.24) is 0 Å². The second kappa shape index (κ2) is 7.46. The summed E-state index contributed by atoms with van der Waals surface area (Å²) in [6.45, 7) is 2.50. The third-order valence-electron chi connectivity index (χ3n) is 5.08. The van der Waals surface area contributed by atoms with Gasteiger partial charge in [-0.2, -0.15) is 0 Å². The molecular weight excluding hydrogens is 354 g/mol. The van der Waals surface area contributed by atoms with Crippen LogP contribution in [0.25, 0.3) is 0 Å². The first kappa shape index (κ1) is 19.6. The van der Waals surface area contributed by atoms with E-state index in [0.717, 1.165) is 12.8 Å². The lowest BCUT2D eigenvalue weighted by Gasteiger charge is -2.45. The standard InChI is InChI=1S/C19H25NO7/c1-5-6-11-26-15-12-18(25-4)20(17(22)24-3)14-10-8-7-9-13(14)19(15,27-18)16(21)23-2/h7-10,15H,5-6,11-12H2,1-4H3. The summed E-state index contributed by atoms with van der Waals surface area (Å²) in [5, 5.41) is 0. The molecule has 1 saturated heterocycles. The van der Waals surface area contributed by atoms with Gasteiger partial charge in [-0.05, 0) is 12.5 Å². The summed E-state index contributed by atoms with van der Waals surface area (Å²) in [5.74, 6) is -2.13. The molecule has 1 amide bonds. The van der Waals surface area contributed by atoms with Gasteiger partial charge in [0, 0.05) is 19.3 Å². The van der Waals surface area contributed by atoms with Crippen LogP contribution < -0.4 is 4.90 Å². The summed E-state index contributed by atoms with van der Waals surface area (Å²) < 4.78 is 27.9. The Morgan fingerprint density at radius 3 is 2.59 bits per heavy atom. The number of unbranched alkanes of at least 4 members (excludes halogenated alkanes) is 1. The van der Waals surface area contributed by atoms with Gasteiger partial charge in [-0.1, -0.05) is 31.5 Å². The maximum absolute atomic E-state index is 12.9. The number of anilines is 1. The highest BCUT2D eigenvalue weighted by Crippen LogP contribution is 2.56. The van der Waals surface area contributed by atoms with Gasteiger partial charge in [0.05, 0.1) is 26.3 Å². The molecule has 2 aliphatic rings. The molecule has 1 aromatic rings. The third kappa shape index (κ3) is 2.79. The topological polar surface area (TPSA) is 83.5 Å². The monoisotopic (exact) mass is 379 g/mol. The molecule has 8 nitrogen and oxygen atoms in total. The Kier molecular flexibility index (Phi) is 5.41. The predicted molar refractivity (Wildman–Crippen MR) is 95.1 cm³/mol. The second-order valence-corrected chi connectivity index (χ2v) is 6.49. The number of fused-ring (bicyclic) bond motifs is 4. The van der Waals surface area contributed by atoms with Gasteiger partial charge in [0.15, 0.2) is 0 Å². The molecule has 27 heavy (non-hydrogen) atoms. The smallest absolute Gasteiger partial charge is 0.418 e. The molecule has 3 atom stereocenters. The molecule has 2 bridgehead atoms. The highest BCUT2D eigenvalue weighted by molar-refractivity contribution is 5.95. The van der Waals surface area contributed by atoms with Crippen molar-refractivity contribution in [3.05, 3.63) is 29.8 Å². The summed E-state index contributed by atoms with van der Waals surface area (Å²) in [5.41, 5.74) is -0.585. The van der Waals surface area contributed by atoms with Crippen molar-refractivity contribution in [2.24, 2.45) is 0 Å². The molecule has 0 aromatic heterocycles. The Bertz CT molecular complexity index is 724. The number of hydrogen-bond donors (Lipinski definition) is 0. The average Bonchev–Trinajstić information content (AvgIpc) is 3.00. The van der Waals surface area contributed by atoms with Gasteiger partial charge in [-0.25, -0.2) is 14.5 Å². The van der Waals surface area contributed by atoms with Crippen LogP contribution >= 0.6 is 0 Å². The molecule has 2 aliphatic heterocycles. The van der Waals surface area contributed by atoms with E-state index >= 15 is 0 Å². The summed E-state index contributed by atoms with van der Waals surface area (Å²) >= 11 is 0. The Labute approximate surface area is 158 Å². The van der Waals surface area contributed by atoms with Gasteiger partial charge < -0.3 is 23.7 Å². The maximum atomic E-state index is 12.9. The molecule has 0 N–H and O–H groups in total. The number of esters is 1. The molecule has 0 spiro atoms. The van der Waals surface area contributed by atoms with Gasteiger partial charge in [0.2, 0.25) is 5.60 Å². The largest absolute Gasteiger partial charge is 0.467 e. The number of amides is 1. The minimum absolute atomic E-state index is 0.131. The van der Waals surface area contributed by atoms with E-state index in [4.69, 9.17) is 23.7 Å². The van der Waals surface area contributed by atoms with Gasteiger partial charge in [-0.15, -0.1) is 0 Å². The van der Waals surface area contributed by atoms with Gasteiger partial charge in [0.1, 0.15) is 6.10 Å². The number of rotatable bonds is 6. The normalized spacial score (nSPS) is 28.6. The SMILES string of the molecule is CCCCOC1CC2(OC)OC1(C(=O)OC)c1ccccc1N2C(=O)OC. The Balaban J connectivity index is 2.19. The van der Waals surface area contributed by atoms with E-state index < -0.39 is 29.7 Å². The number of para-hydroxylation sites is 1. The lowest BCUT2D eigenvalue weighted by Crippen LogP contribution is -2.59. The van der Waals surface area contributed by atoms with Crippen LogP contribution in [0.1, 0.15) is 31.7 Å². The van der Waals surface area contributed by atoms with Crippen molar-refractivity contribution in [2.75, 3.05) is 32.8 Å². The van der Waals surface area contributed by atoms with Crippen LogP contribution in [0.5, 0.6) is 0 Å². The zero-order valence-corrected chi connectivity index (χ0v) is 16.0. The van der Waals surface area contributed by atoms with Gasteiger partial charge in [0.25, 0.3) is 5.91 Å². The molecule has 2 heterocycles. The van der Waals surface area contributed by atoms with Crippen molar-refractivity contribution in [3.8, 4) is 0 Å². The van der Waals surface area contributed by atoms with Crippen molar-refractivity contribution >= 4 is 17.7 Å². The second-order valence-electron chi connectivity index (χ2n) is 6.49. The number of carbonyl (C=O) groups excluding carboxylic acids is 2. The summed E-state index contributed by atoms with van der Waals surface area (Å²) in [4.78, 5) is 26.8. The Morgan fingerprint density at radius 2 is 1.96 bits per heavy atom. The van der Waals surface area contributed by atoms with E-state index in [-0.39, 0.29) is 6.42 Å². The zero-order valence-electron chi connectivity index (χ0n) is 16.0.